The molecule has 0 bridgehead atoms. The maximum atomic E-state index is 12.6. The van der Waals surface area contributed by atoms with Gasteiger partial charge in [-0.25, -0.2) is 14.5 Å². The van der Waals surface area contributed by atoms with Crippen molar-refractivity contribution in [1.82, 2.24) is 4.90 Å². The van der Waals surface area contributed by atoms with Gasteiger partial charge in [0.05, 0.1) is 11.8 Å². The van der Waals surface area contributed by atoms with E-state index in [1.807, 2.05) is 0 Å². The van der Waals surface area contributed by atoms with Crippen LogP contribution in [0.15, 0.2) is 23.5 Å². The molecule has 2 atom stereocenters. The Morgan fingerprint density at radius 3 is 2.58 bits per heavy atom. The van der Waals surface area contributed by atoms with Gasteiger partial charge in [0.15, 0.2) is 0 Å². The highest BCUT2D eigenvalue weighted by atomic mass is 16.7. The summed E-state index contributed by atoms with van der Waals surface area (Å²) in [6.45, 7) is 8.65. The summed E-state index contributed by atoms with van der Waals surface area (Å²) in [6, 6.07) is -0.254. The van der Waals surface area contributed by atoms with Crippen LogP contribution in [0.2, 0.25) is 0 Å². The first-order valence-corrected chi connectivity index (χ1v) is 7.89. The van der Waals surface area contributed by atoms with Crippen molar-refractivity contribution < 1.29 is 28.6 Å². The van der Waals surface area contributed by atoms with Crippen LogP contribution in [0, 0.1) is 0 Å². The molecule has 2 rings (SSSR count). The van der Waals surface area contributed by atoms with Crippen LogP contribution in [0.25, 0.3) is 0 Å². The lowest BCUT2D eigenvalue weighted by molar-refractivity contribution is -0.152. The Hall–Kier alpha value is -2.31. The molecule has 2 aliphatic heterocycles. The van der Waals surface area contributed by atoms with Gasteiger partial charge in [0.25, 0.3) is 12.2 Å². The van der Waals surface area contributed by atoms with E-state index in [-0.39, 0.29) is 6.04 Å². The number of likely N-dealkylation sites (tertiary alicyclic amines) is 1. The highest BCUT2D eigenvalue weighted by Crippen LogP contribution is 2.25. The predicted octanol–water partition coefficient (Wildman–Crippen LogP) is 2.66. The number of imide groups is 1. The first-order valence-electron chi connectivity index (χ1n) is 7.89. The summed E-state index contributed by atoms with van der Waals surface area (Å²) in [4.78, 5) is 37.2. The van der Waals surface area contributed by atoms with E-state index < -0.39 is 29.9 Å². The maximum absolute atomic E-state index is 12.6. The summed E-state index contributed by atoms with van der Waals surface area (Å²) in [6.07, 6.45) is 2.36. The summed E-state index contributed by atoms with van der Waals surface area (Å²) in [5, 5.41) is 0. The first-order chi connectivity index (χ1) is 11.1. The second kappa shape index (κ2) is 6.67. The largest absolute Gasteiger partial charge is 0.458 e. The van der Waals surface area contributed by atoms with Gasteiger partial charge in [-0.2, -0.15) is 0 Å². The fraction of sp³-hybridized carbons (Fsp3) is 0.588. The molecule has 7 nitrogen and oxygen atoms in total. The van der Waals surface area contributed by atoms with Crippen LogP contribution in [0.4, 0.5) is 4.79 Å². The van der Waals surface area contributed by atoms with Crippen molar-refractivity contribution in [2.24, 2.45) is 0 Å². The molecule has 2 amide bonds. The number of ether oxygens (including phenoxy) is 3. The third-order valence-electron chi connectivity index (χ3n) is 3.63. The fourth-order valence-electron chi connectivity index (χ4n) is 2.36. The van der Waals surface area contributed by atoms with Gasteiger partial charge < -0.3 is 14.2 Å². The molecule has 0 N–H and O–H groups in total. The quantitative estimate of drug-likeness (QED) is 0.438. The van der Waals surface area contributed by atoms with E-state index in [0.717, 1.165) is 4.90 Å². The number of rotatable bonds is 2. The molecule has 0 saturated carbocycles. The molecule has 0 aromatic heterocycles. The van der Waals surface area contributed by atoms with Gasteiger partial charge in [-0.1, -0.05) is 0 Å². The molecule has 132 valence electrons. The molecule has 2 heterocycles. The molecule has 2 aliphatic rings. The lowest BCUT2D eigenvalue weighted by Gasteiger charge is -2.34. The third kappa shape index (κ3) is 4.15. The number of nitrogens with zero attached hydrogens (tertiary/aromatic N) is 1. The summed E-state index contributed by atoms with van der Waals surface area (Å²) in [5.41, 5.74) is 0.111. The zero-order valence-corrected chi connectivity index (χ0v) is 14.6. The van der Waals surface area contributed by atoms with Gasteiger partial charge in [0.2, 0.25) is 0 Å². The molecule has 0 aromatic carbocycles. The summed E-state index contributed by atoms with van der Waals surface area (Å²) < 4.78 is 15.6. The zero-order valence-electron chi connectivity index (χ0n) is 14.6. The predicted molar refractivity (Wildman–Crippen MR) is 84.6 cm³/mol. The highest BCUT2D eigenvalue weighted by molar-refractivity contribution is 6.03. The van der Waals surface area contributed by atoms with Crippen LogP contribution in [-0.2, 0) is 23.8 Å². The number of carbonyl (C=O) groups excluding carboxylic acids is 3. The fourth-order valence-corrected chi connectivity index (χ4v) is 2.36. The van der Waals surface area contributed by atoms with Gasteiger partial charge in [0, 0.05) is 17.7 Å². The summed E-state index contributed by atoms with van der Waals surface area (Å²) in [7, 11) is 0. The Morgan fingerprint density at radius 2 is 2.04 bits per heavy atom. The van der Waals surface area contributed by atoms with Crippen LogP contribution in [0.5, 0.6) is 0 Å². The van der Waals surface area contributed by atoms with Crippen LogP contribution < -0.4 is 0 Å². The molecule has 0 aromatic rings. The highest BCUT2D eigenvalue weighted by Gasteiger charge is 2.37. The Labute approximate surface area is 141 Å². The average molecular weight is 337 g/mol. The number of piperidine rings is 1. The summed E-state index contributed by atoms with van der Waals surface area (Å²) in [5.74, 6) is -0.898. The Morgan fingerprint density at radius 1 is 1.38 bits per heavy atom. The smallest absolute Gasteiger partial charge is 0.417 e. The second-order valence-corrected chi connectivity index (χ2v) is 6.95. The Bertz CT molecular complexity index is 613. The second-order valence-electron chi connectivity index (χ2n) is 6.95. The third-order valence-corrected chi connectivity index (χ3v) is 3.63. The molecule has 0 aliphatic carbocycles. The molecular weight excluding hydrogens is 314 g/mol. The van der Waals surface area contributed by atoms with E-state index in [1.165, 1.54) is 12.3 Å². The minimum atomic E-state index is -0.841. The molecule has 0 spiro atoms. The van der Waals surface area contributed by atoms with Crippen LogP contribution in [0.1, 0.15) is 47.5 Å². The monoisotopic (exact) mass is 337 g/mol. The van der Waals surface area contributed by atoms with Crippen molar-refractivity contribution in [2.75, 3.05) is 0 Å². The van der Waals surface area contributed by atoms with E-state index in [4.69, 9.17) is 14.2 Å². The number of esters is 1. The van der Waals surface area contributed by atoms with E-state index >= 15 is 0 Å². The number of hydrogen-bond acceptors (Lipinski definition) is 6. The zero-order chi connectivity index (χ0) is 18.1. The lowest BCUT2D eigenvalue weighted by Crippen LogP contribution is -2.49. The van der Waals surface area contributed by atoms with E-state index in [0.29, 0.717) is 24.0 Å². The van der Waals surface area contributed by atoms with E-state index in [1.54, 1.807) is 34.6 Å². The Kier molecular flexibility index (Phi) is 5.01. The number of cyclic esters (lactones) is 1. The number of carbonyl (C=O) groups is 3. The molecule has 7 heteroatoms. The maximum Gasteiger partial charge on any atom is 0.417 e. The van der Waals surface area contributed by atoms with Gasteiger partial charge in [-0.3, -0.25) is 4.79 Å². The number of hydrogen-bond donors (Lipinski definition) is 0. The molecule has 2 unspecified atom stereocenters. The molecular formula is C17H23NO6. The minimum absolute atomic E-state index is 0.254. The van der Waals surface area contributed by atoms with Crippen LogP contribution in [0.3, 0.4) is 0 Å². The van der Waals surface area contributed by atoms with Crippen molar-refractivity contribution in [3.63, 3.8) is 0 Å². The Balaban J connectivity index is 2.07. The SMILES string of the molecule is CC1=CC(O/C=C2\CCC(C)N(C(=O)OC(C)(C)C)C2=O)OC1=O. The molecule has 1 saturated heterocycles. The van der Waals surface area contributed by atoms with Gasteiger partial charge in [-0.15, -0.1) is 0 Å². The standard InChI is InChI=1S/C17H23NO6/c1-10-8-13(23-15(10)20)22-9-12-7-6-11(2)18(14(12)19)16(21)24-17(3,4)5/h8-9,11,13H,6-7H2,1-5H3/b12-9+. The van der Waals surface area contributed by atoms with Gasteiger partial charge in [-0.05, 0) is 47.5 Å². The van der Waals surface area contributed by atoms with Crippen molar-refractivity contribution >= 4 is 18.0 Å². The van der Waals surface area contributed by atoms with E-state index in [2.05, 4.69) is 0 Å². The molecule has 24 heavy (non-hydrogen) atoms. The first kappa shape index (κ1) is 18.0. The van der Waals surface area contributed by atoms with Crippen LogP contribution in [-0.4, -0.2) is 40.8 Å². The lowest BCUT2D eigenvalue weighted by atomic mass is 9.99. The molecule has 0 radical (unpaired) electrons. The van der Waals surface area contributed by atoms with Crippen molar-refractivity contribution in [2.45, 2.75) is 65.4 Å². The molecule has 1 fully saturated rings. The normalized spacial score (nSPS) is 26.3. The topological polar surface area (TPSA) is 82.1 Å². The van der Waals surface area contributed by atoms with Crippen molar-refractivity contribution in [3.05, 3.63) is 23.5 Å². The van der Waals surface area contributed by atoms with Crippen molar-refractivity contribution in [3.8, 4) is 0 Å². The minimum Gasteiger partial charge on any atom is -0.458 e. The van der Waals surface area contributed by atoms with E-state index in [9.17, 15) is 14.4 Å². The van der Waals surface area contributed by atoms with Gasteiger partial charge in [0.1, 0.15) is 5.60 Å². The van der Waals surface area contributed by atoms with Crippen LogP contribution >= 0.6 is 0 Å². The van der Waals surface area contributed by atoms with Gasteiger partial charge >= 0.3 is 12.1 Å². The number of amides is 2. The summed E-state index contributed by atoms with van der Waals surface area (Å²) >= 11 is 0. The average Bonchev–Trinajstić information content (AvgIpc) is 2.75. The van der Waals surface area contributed by atoms with Crippen molar-refractivity contribution in [1.29, 1.82) is 0 Å².